The van der Waals surface area contributed by atoms with Crippen LogP contribution in [0.1, 0.15) is 28.5 Å². The Morgan fingerprint density at radius 3 is 2.43 bits per heavy atom. The second-order valence-corrected chi connectivity index (χ2v) is 5.65. The van der Waals surface area contributed by atoms with Crippen molar-refractivity contribution in [2.45, 2.75) is 20.8 Å². The molecule has 1 amide bonds. The van der Waals surface area contributed by atoms with Crippen molar-refractivity contribution in [3.63, 3.8) is 0 Å². The van der Waals surface area contributed by atoms with Gasteiger partial charge in [0, 0.05) is 20.1 Å². The van der Waals surface area contributed by atoms with Crippen molar-refractivity contribution >= 4 is 11.9 Å². The summed E-state index contributed by atoms with van der Waals surface area (Å²) in [5.74, 6) is -2.03. The van der Waals surface area contributed by atoms with Crippen LogP contribution < -0.4 is 5.56 Å². The maximum absolute atomic E-state index is 12.6. The first-order valence-corrected chi connectivity index (χ1v) is 6.80. The normalized spacial score (nSPS) is 21.6. The Bertz CT molecular complexity index is 665. The molecule has 1 N–H and O–H groups in total. The van der Waals surface area contributed by atoms with Crippen LogP contribution in [0.2, 0.25) is 0 Å². The third-order valence-corrected chi connectivity index (χ3v) is 4.16. The first-order chi connectivity index (χ1) is 9.73. The molecule has 2 unspecified atom stereocenters. The van der Waals surface area contributed by atoms with Crippen LogP contribution in [0.3, 0.4) is 0 Å². The smallest absolute Gasteiger partial charge is 0.308 e. The zero-order valence-corrected chi connectivity index (χ0v) is 12.6. The fourth-order valence-electron chi connectivity index (χ4n) is 2.71. The Kier molecular flexibility index (Phi) is 3.85. The molecule has 0 radical (unpaired) electrons. The molecule has 2 heterocycles. The van der Waals surface area contributed by atoms with Crippen molar-refractivity contribution in [3.8, 4) is 0 Å². The number of aliphatic carboxylic acids is 1. The van der Waals surface area contributed by atoms with Gasteiger partial charge in [-0.25, -0.2) is 4.68 Å². The van der Waals surface area contributed by atoms with Crippen molar-refractivity contribution in [2.75, 3.05) is 13.1 Å². The minimum absolute atomic E-state index is 0.0863. The monoisotopic (exact) mass is 293 g/mol. The zero-order chi connectivity index (χ0) is 15.9. The number of likely N-dealkylation sites (tertiary alicyclic amines) is 1. The topological polar surface area (TPSA) is 92.5 Å². The molecule has 2 atom stereocenters. The molecular weight excluding hydrogens is 274 g/mol. The van der Waals surface area contributed by atoms with Crippen LogP contribution in [0.5, 0.6) is 0 Å². The number of carbonyl (C=O) groups is 2. The molecule has 0 aliphatic carbocycles. The molecule has 0 spiro atoms. The van der Waals surface area contributed by atoms with Crippen LogP contribution in [-0.4, -0.2) is 44.8 Å². The summed E-state index contributed by atoms with van der Waals surface area (Å²) in [5, 5.41) is 13.2. The van der Waals surface area contributed by atoms with Gasteiger partial charge >= 0.3 is 5.97 Å². The quantitative estimate of drug-likeness (QED) is 0.840. The largest absolute Gasteiger partial charge is 0.481 e. The van der Waals surface area contributed by atoms with Crippen LogP contribution >= 0.6 is 0 Å². The van der Waals surface area contributed by atoms with Gasteiger partial charge < -0.3 is 10.0 Å². The van der Waals surface area contributed by atoms with E-state index in [0.717, 1.165) is 4.68 Å². The highest BCUT2D eigenvalue weighted by molar-refractivity contribution is 5.96. The van der Waals surface area contributed by atoms with E-state index >= 15 is 0 Å². The SMILES string of the molecule is Cc1nn(C)c(=O)c(C(=O)N2CC(C)C(C(=O)O)C2)c1C. The van der Waals surface area contributed by atoms with Gasteiger partial charge in [-0.15, -0.1) is 0 Å². The van der Waals surface area contributed by atoms with E-state index in [4.69, 9.17) is 5.11 Å². The third kappa shape index (κ3) is 2.55. The molecule has 7 nitrogen and oxygen atoms in total. The molecule has 114 valence electrons. The molecule has 0 saturated carbocycles. The van der Waals surface area contributed by atoms with Gasteiger partial charge in [-0.05, 0) is 25.3 Å². The number of amides is 1. The van der Waals surface area contributed by atoms with Gasteiger partial charge in [-0.2, -0.15) is 5.10 Å². The second-order valence-electron chi connectivity index (χ2n) is 5.65. The molecule has 1 aliphatic heterocycles. The van der Waals surface area contributed by atoms with Gasteiger partial charge in [0.25, 0.3) is 11.5 Å². The van der Waals surface area contributed by atoms with E-state index in [9.17, 15) is 14.4 Å². The summed E-state index contributed by atoms with van der Waals surface area (Å²) >= 11 is 0. The predicted molar refractivity (Wildman–Crippen MR) is 75.1 cm³/mol. The first kappa shape index (κ1) is 15.2. The van der Waals surface area contributed by atoms with Crippen molar-refractivity contribution in [3.05, 3.63) is 27.2 Å². The number of hydrogen-bond acceptors (Lipinski definition) is 4. The highest BCUT2D eigenvalue weighted by Gasteiger charge is 2.38. The highest BCUT2D eigenvalue weighted by atomic mass is 16.4. The van der Waals surface area contributed by atoms with E-state index in [1.54, 1.807) is 20.8 Å². The van der Waals surface area contributed by atoms with Crippen molar-refractivity contribution < 1.29 is 14.7 Å². The van der Waals surface area contributed by atoms with Gasteiger partial charge in [-0.1, -0.05) is 6.92 Å². The standard InChI is InChI=1S/C14H19N3O4/c1-7-5-17(6-10(7)14(20)21)13(19)11-8(2)9(3)15-16(4)12(11)18/h7,10H,5-6H2,1-4H3,(H,20,21). The molecule has 7 heteroatoms. The molecule has 1 fully saturated rings. The lowest BCUT2D eigenvalue weighted by atomic mass is 9.99. The lowest BCUT2D eigenvalue weighted by Crippen LogP contribution is -2.37. The van der Waals surface area contributed by atoms with Crippen LogP contribution in [-0.2, 0) is 11.8 Å². The fraction of sp³-hybridized carbons (Fsp3) is 0.571. The summed E-state index contributed by atoms with van der Waals surface area (Å²) in [6.07, 6.45) is 0. The number of hydrogen-bond donors (Lipinski definition) is 1. The Hall–Kier alpha value is -2.18. The Morgan fingerprint density at radius 1 is 1.29 bits per heavy atom. The van der Waals surface area contributed by atoms with Crippen molar-refractivity contribution in [1.29, 1.82) is 0 Å². The van der Waals surface area contributed by atoms with E-state index in [-0.39, 0.29) is 18.0 Å². The number of aryl methyl sites for hydroxylation is 2. The van der Waals surface area contributed by atoms with Gasteiger partial charge in [0.15, 0.2) is 0 Å². The van der Waals surface area contributed by atoms with E-state index in [1.165, 1.54) is 11.9 Å². The summed E-state index contributed by atoms with van der Waals surface area (Å²) in [6, 6.07) is 0. The van der Waals surface area contributed by atoms with Crippen LogP contribution in [0.25, 0.3) is 0 Å². The summed E-state index contributed by atoms with van der Waals surface area (Å²) < 4.78 is 1.14. The minimum Gasteiger partial charge on any atom is -0.481 e. The number of aromatic nitrogens is 2. The number of carboxylic acid groups (broad SMARTS) is 1. The Balaban J connectivity index is 2.39. The first-order valence-electron chi connectivity index (χ1n) is 6.80. The summed E-state index contributed by atoms with van der Waals surface area (Å²) in [4.78, 5) is 37.4. The zero-order valence-electron chi connectivity index (χ0n) is 12.6. The fourth-order valence-corrected chi connectivity index (χ4v) is 2.71. The Labute approximate surface area is 122 Å². The summed E-state index contributed by atoms with van der Waals surface area (Å²) in [6.45, 7) is 5.71. The van der Waals surface area contributed by atoms with E-state index in [2.05, 4.69) is 5.10 Å². The number of carboxylic acids is 1. The molecular formula is C14H19N3O4. The summed E-state index contributed by atoms with van der Waals surface area (Å²) in [7, 11) is 1.50. The van der Waals surface area contributed by atoms with Crippen LogP contribution in [0.15, 0.2) is 4.79 Å². The summed E-state index contributed by atoms with van der Waals surface area (Å²) in [5.41, 5.74) is 0.801. The predicted octanol–water partition coefficient (Wildman–Crippen LogP) is 0.190. The number of nitrogens with zero attached hydrogens (tertiary/aromatic N) is 3. The van der Waals surface area contributed by atoms with E-state index in [1.807, 2.05) is 0 Å². The molecule has 0 aromatic carbocycles. The Morgan fingerprint density at radius 2 is 1.90 bits per heavy atom. The van der Waals surface area contributed by atoms with Crippen LogP contribution in [0.4, 0.5) is 0 Å². The number of carbonyl (C=O) groups excluding carboxylic acids is 1. The molecule has 1 saturated heterocycles. The van der Waals surface area contributed by atoms with Crippen molar-refractivity contribution in [1.82, 2.24) is 14.7 Å². The average Bonchev–Trinajstić information content (AvgIpc) is 2.79. The minimum atomic E-state index is -0.909. The average molecular weight is 293 g/mol. The van der Waals surface area contributed by atoms with E-state index in [0.29, 0.717) is 17.8 Å². The van der Waals surface area contributed by atoms with Crippen LogP contribution in [0, 0.1) is 25.7 Å². The van der Waals surface area contributed by atoms with E-state index < -0.39 is 23.4 Å². The van der Waals surface area contributed by atoms with Gasteiger partial charge in [0.1, 0.15) is 5.56 Å². The molecule has 21 heavy (non-hydrogen) atoms. The van der Waals surface area contributed by atoms with Crippen molar-refractivity contribution in [2.24, 2.45) is 18.9 Å². The van der Waals surface area contributed by atoms with Gasteiger partial charge in [-0.3, -0.25) is 14.4 Å². The highest BCUT2D eigenvalue weighted by Crippen LogP contribution is 2.24. The molecule has 1 aliphatic rings. The van der Waals surface area contributed by atoms with Gasteiger partial charge in [0.2, 0.25) is 0 Å². The lowest BCUT2D eigenvalue weighted by molar-refractivity contribution is -0.142. The molecule has 2 rings (SSSR count). The third-order valence-electron chi connectivity index (χ3n) is 4.16. The lowest BCUT2D eigenvalue weighted by Gasteiger charge is -2.18. The molecule has 1 aromatic heterocycles. The maximum atomic E-state index is 12.6. The second kappa shape index (κ2) is 5.31. The molecule has 0 bridgehead atoms. The maximum Gasteiger partial charge on any atom is 0.308 e. The molecule has 1 aromatic rings. The van der Waals surface area contributed by atoms with Gasteiger partial charge in [0.05, 0.1) is 11.6 Å². The number of rotatable bonds is 2.